The van der Waals surface area contributed by atoms with Gasteiger partial charge >= 0.3 is 12.4 Å². The van der Waals surface area contributed by atoms with Crippen LogP contribution in [0.5, 0.6) is 0 Å². The number of fused-ring (bicyclic) bond motifs is 2. The van der Waals surface area contributed by atoms with E-state index in [1.807, 2.05) is 36.4 Å². The van der Waals surface area contributed by atoms with Crippen molar-refractivity contribution in [2.24, 2.45) is 0 Å². The SMILES string of the molecule is CC(C)c1cc2c(-c3ccc(C(F)(F)F)cc3)cccc2[cH-]1.CC(C)c1cc2c(-c3ccc(C(F)(F)F)cc3)cccc2[cH-]1.[CH2-]C[CH2-].[Cl-].[Cl-].[Hf]. The molecular weight excluding hydrogens is 856 g/mol. The third-order valence-corrected chi connectivity index (χ3v) is 7.93. The van der Waals surface area contributed by atoms with Gasteiger partial charge in [0.05, 0.1) is 11.1 Å². The van der Waals surface area contributed by atoms with Gasteiger partial charge in [0.1, 0.15) is 0 Å². The zero-order chi connectivity index (χ0) is 34.5. The van der Waals surface area contributed by atoms with Crippen molar-refractivity contribution in [1.82, 2.24) is 0 Å². The molecule has 0 bridgehead atoms. The van der Waals surface area contributed by atoms with Gasteiger partial charge in [-0.3, -0.25) is 0 Å². The van der Waals surface area contributed by atoms with Crippen LogP contribution in [0.3, 0.4) is 0 Å². The van der Waals surface area contributed by atoms with Crippen LogP contribution >= 0.6 is 0 Å². The fourth-order valence-corrected chi connectivity index (χ4v) is 5.36. The summed E-state index contributed by atoms with van der Waals surface area (Å²) in [6.07, 6.45) is -7.84. The van der Waals surface area contributed by atoms with E-state index in [0.29, 0.717) is 11.8 Å². The molecule has 6 aromatic rings. The first kappa shape index (κ1) is 45.2. The molecule has 268 valence electrons. The Labute approximate surface area is 322 Å². The van der Waals surface area contributed by atoms with Crippen molar-refractivity contribution in [3.05, 3.63) is 145 Å². The fourth-order valence-electron chi connectivity index (χ4n) is 5.36. The van der Waals surface area contributed by atoms with E-state index in [1.165, 1.54) is 11.1 Å². The number of alkyl halides is 6. The van der Waals surface area contributed by atoms with Gasteiger partial charge in [-0.05, 0) is 47.2 Å². The minimum absolute atomic E-state index is 0. The summed E-state index contributed by atoms with van der Waals surface area (Å²) in [6, 6.07) is 31.1. The van der Waals surface area contributed by atoms with Crippen LogP contribution in [0.4, 0.5) is 26.3 Å². The van der Waals surface area contributed by atoms with E-state index in [9.17, 15) is 26.3 Å². The smallest absolute Gasteiger partial charge is 0.416 e. The van der Waals surface area contributed by atoms with Crippen molar-refractivity contribution in [1.29, 1.82) is 0 Å². The Bertz CT molecular complexity index is 1760. The van der Waals surface area contributed by atoms with E-state index in [2.05, 4.69) is 65.8 Å². The minimum Gasteiger partial charge on any atom is -1.00 e. The average molecular weight is 894 g/mol. The third kappa shape index (κ3) is 11.1. The standard InChI is InChI=1S/2C19H16F3.C3H6.2ClH.Hf/c2*1-12(2)15-10-14-4-3-5-17(18(14)11-15)13-6-8-16(9-7-13)19(20,21)22;1-3-2;;;/h2*3-12H,1-2H3;1-3H2;2*1H;/q2*-1;-2;;;/p-2. The predicted octanol–water partition coefficient (Wildman–Crippen LogP) is 7.79. The summed E-state index contributed by atoms with van der Waals surface area (Å²) in [7, 11) is 0. The van der Waals surface area contributed by atoms with E-state index in [-0.39, 0.29) is 50.7 Å². The van der Waals surface area contributed by atoms with Gasteiger partial charge in [0.25, 0.3) is 0 Å². The van der Waals surface area contributed by atoms with Crippen LogP contribution < -0.4 is 24.8 Å². The Balaban J connectivity index is 0.000000439. The van der Waals surface area contributed by atoms with Crippen molar-refractivity contribution >= 4 is 21.5 Å². The van der Waals surface area contributed by atoms with E-state index < -0.39 is 23.5 Å². The van der Waals surface area contributed by atoms with Gasteiger partial charge in [0.15, 0.2) is 0 Å². The largest absolute Gasteiger partial charge is 1.00 e. The van der Waals surface area contributed by atoms with Crippen molar-refractivity contribution in [3.8, 4) is 22.3 Å². The molecule has 0 N–H and O–H groups in total. The minimum atomic E-state index is -4.30. The molecule has 0 saturated carbocycles. The summed E-state index contributed by atoms with van der Waals surface area (Å²) in [5.41, 5.74) is 4.81. The maximum Gasteiger partial charge on any atom is 0.416 e. The van der Waals surface area contributed by atoms with Crippen molar-refractivity contribution in [2.45, 2.75) is 58.3 Å². The summed E-state index contributed by atoms with van der Waals surface area (Å²) in [4.78, 5) is 0. The maximum absolute atomic E-state index is 12.7. The molecule has 0 nitrogen and oxygen atoms in total. The average Bonchev–Trinajstić information content (AvgIpc) is 3.66. The Morgan fingerprint density at radius 3 is 1.10 bits per heavy atom. The van der Waals surface area contributed by atoms with Crippen LogP contribution in [0.1, 0.15) is 68.2 Å². The Morgan fingerprint density at radius 2 is 0.840 bits per heavy atom. The Morgan fingerprint density at radius 1 is 0.540 bits per heavy atom. The molecule has 6 rings (SSSR count). The number of hydrogen-bond donors (Lipinski definition) is 0. The van der Waals surface area contributed by atoms with E-state index in [1.54, 1.807) is 24.3 Å². The molecule has 6 aromatic carbocycles. The zero-order valence-corrected chi connectivity index (χ0v) is 33.3. The Kier molecular flexibility index (Phi) is 17.3. The van der Waals surface area contributed by atoms with Crippen LogP contribution in [0, 0.1) is 13.8 Å². The number of rotatable bonds is 4. The molecule has 0 aromatic heterocycles. The summed E-state index contributed by atoms with van der Waals surface area (Å²) in [6.45, 7) is 15.3. The van der Waals surface area contributed by atoms with Gasteiger partial charge in [-0.25, -0.2) is 0 Å². The van der Waals surface area contributed by atoms with Crippen LogP contribution in [-0.2, 0) is 38.2 Å². The molecule has 0 saturated heterocycles. The second-order valence-electron chi connectivity index (χ2n) is 12.0. The molecule has 9 heteroatoms. The molecule has 0 aliphatic rings. The molecular formula is C41H38Cl2F6Hf-6. The first-order valence-corrected chi connectivity index (χ1v) is 15.5. The number of benzene rings is 4. The second kappa shape index (κ2) is 19.1. The third-order valence-electron chi connectivity index (χ3n) is 7.93. The number of halogens is 8. The van der Waals surface area contributed by atoms with Gasteiger partial charge in [-0.2, -0.15) is 38.5 Å². The molecule has 0 aliphatic carbocycles. The van der Waals surface area contributed by atoms with E-state index in [0.717, 1.165) is 74.5 Å². The van der Waals surface area contributed by atoms with Crippen LogP contribution in [-0.4, -0.2) is 0 Å². The second-order valence-corrected chi connectivity index (χ2v) is 12.0. The molecule has 0 spiro atoms. The molecule has 0 atom stereocenters. The zero-order valence-electron chi connectivity index (χ0n) is 28.2. The molecule has 50 heavy (non-hydrogen) atoms. The van der Waals surface area contributed by atoms with Gasteiger partial charge in [-0.15, -0.1) is 69.1 Å². The molecule has 0 aliphatic heterocycles. The maximum atomic E-state index is 12.7. The molecule has 0 fully saturated rings. The van der Waals surface area contributed by atoms with Crippen LogP contribution in [0.25, 0.3) is 43.8 Å². The van der Waals surface area contributed by atoms with Gasteiger partial charge in [0.2, 0.25) is 0 Å². The van der Waals surface area contributed by atoms with Gasteiger partial charge in [-0.1, -0.05) is 75.2 Å². The van der Waals surface area contributed by atoms with Crippen molar-refractivity contribution in [3.63, 3.8) is 0 Å². The monoisotopic (exact) mass is 894 g/mol. The normalized spacial score (nSPS) is 11.2. The molecule has 0 radical (unpaired) electrons. The predicted molar refractivity (Wildman–Crippen MR) is 183 cm³/mol. The van der Waals surface area contributed by atoms with Gasteiger partial charge < -0.3 is 45.1 Å². The van der Waals surface area contributed by atoms with E-state index >= 15 is 0 Å². The summed E-state index contributed by atoms with van der Waals surface area (Å²) in [5.74, 6) is 0.848. The molecule has 0 amide bonds. The summed E-state index contributed by atoms with van der Waals surface area (Å²) in [5, 5.41) is 4.43. The van der Waals surface area contributed by atoms with E-state index in [4.69, 9.17) is 0 Å². The van der Waals surface area contributed by atoms with Crippen LogP contribution in [0.15, 0.2) is 109 Å². The molecule has 0 heterocycles. The topological polar surface area (TPSA) is 0 Å². The van der Waals surface area contributed by atoms with Crippen LogP contribution in [0.2, 0.25) is 0 Å². The van der Waals surface area contributed by atoms with Crippen molar-refractivity contribution < 1.29 is 77.0 Å². The first-order valence-electron chi connectivity index (χ1n) is 15.5. The first-order chi connectivity index (χ1) is 22.1. The molecule has 0 unspecified atom stereocenters. The summed E-state index contributed by atoms with van der Waals surface area (Å²) >= 11 is 0. The van der Waals surface area contributed by atoms with Crippen molar-refractivity contribution in [2.75, 3.05) is 0 Å². The summed E-state index contributed by atoms with van der Waals surface area (Å²) < 4.78 is 76.0. The fraction of sp³-hybridized carbons (Fsp3) is 0.220. The number of hydrogen-bond acceptors (Lipinski definition) is 0. The van der Waals surface area contributed by atoms with Gasteiger partial charge in [0, 0.05) is 25.8 Å². The Hall–Kier alpha value is -2.87. The quantitative estimate of drug-likeness (QED) is 0.0965.